The Labute approximate surface area is 140 Å². The van der Waals surface area contributed by atoms with E-state index in [1.807, 2.05) is 0 Å². The van der Waals surface area contributed by atoms with Crippen molar-refractivity contribution in [2.75, 3.05) is 25.9 Å². The third kappa shape index (κ3) is 4.42. The minimum Gasteiger partial charge on any atom is -0.451 e. The number of carbonyl (C=O) groups excluding carboxylic acids is 1. The maximum absolute atomic E-state index is 12.1. The summed E-state index contributed by atoms with van der Waals surface area (Å²) >= 11 is 0. The van der Waals surface area contributed by atoms with E-state index >= 15 is 0 Å². The molecular weight excluding hydrogens is 332 g/mol. The Morgan fingerprint density at radius 3 is 2.67 bits per heavy atom. The van der Waals surface area contributed by atoms with Crippen LogP contribution in [0.3, 0.4) is 0 Å². The van der Waals surface area contributed by atoms with Crippen molar-refractivity contribution in [3.05, 3.63) is 46.3 Å². The smallest absolute Gasteiger partial charge is 0.287 e. The van der Waals surface area contributed by atoms with Crippen molar-refractivity contribution in [3.63, 3.8) is 0 Å². The number of nitrogens with zero attached hydrogens (tertiary/aromatic N) is 1. The number of benzene rings is 1. The molecule has 0 saturated carbocycles. The molecular formula is C16H20N2O5S. The summed E-state index contributed by atoms with van der Waals surface area (Å²) in [5, 5.41) is 3.05. The van der Waals surface area contributed by atoms with Gasteiger partial charge in [-0.3, -0.25) is 9.59 Å². The number of hydrogen-bond donors (Lipinski definition) is 1. The Balaban J connectivity index is 1.97. The van der Waals surface area contributed by atoms with Gasteiger partial charge in [0.05, 0.1) is 11.6 Å². The maximum Gasteiger partial charge on any atom is 0.287 e. The van der Waals surface area contributed by atoms with Gasteiger partial charge >= 0.3 is 0 Å². The van der Waals surface area contributed by atoms with E-state index in [0.717, 1.165) is 12.3 Å². The summed E-state index contributed by atoms with van der Waals surface area (Å²) in [5.41, 5.74) is 0.0700. The monoisotopic (exact) mass is 352 g/mol. The zero-order valence-electron chi connectivity index (χ0n) is 13.6. The first-order valence-electron chi connectivity index (χ1n) is 7.59. The van der Waals surface area contributed by atoms with Gasteiger partial charge in [-0.15, -0.1) is 0 Å². The summed E-state index contributed by atoms with van der Waals surface area (Å²) in [6.45, 7) is 2.73. The molecule has 0 aliphatic carbocycles. The summed E-state index contributed by atoms with van der Waals surface area (Å²) in [6, 6.07) is 7.86. The Morgan fingerprint density at radius 1 is 1.29 bits per heavy atom. The first kappa shape index (κ1) is 18.2. The lowest BCUT2D eigenvalue weighted by molar-refractivity contribution is 0.0925. The molecule has 0 saturated heterocycles. The van der Waals surface area contributed by atoms with Crippen LogP contribution < -0.4 is 10.7 Å². The molecule has 1 aromatic heterocycles. The topological polar surface area (TPSA) is 96.7 Å². The zero-order valence-corrected chi connectivity index (χ0v) is 14.4. The molecule has 0 fully saturated rings. The van der Waals surface area contributed by atoms with Gasteiger partial charge < -0.3 is 9.73 Å². The first-order valence-corrected chi connectivity index (χ1v) is 9.44. The molecule has 1 heterocycles. The lowest BCUT2D eigenvalue weighted by Gasteiger charge is -2.17. The first-order chi connectivity index (χ1) is 11.3. The lowest BCUT2D eigenvalue weighted by Crippen LogP contribution is -2.33. The summed E-state index contributed by atoms with van der Waals surface area (Å²) in [6.07, 6.45) is 1.61. The van der Waals surface area contributed by atoms with Gasteiger partial charge in [-0.2, -0.15) is 0 Å². The average Bonchev–Trinajstić information content (AvgIpc) is 2.53. The van der Waals surface area contributed by atoms with Crippen molar-refractivity contribution < 1.29 is 17.6 Å². The van der Waals surface area contributed by atoms with Crippen LogP contribution in [0.1, 0.15) is 23.9 Å². The Hall–Kier alpha value is -2.19. The Morgan fingerprint density at radius 2 is 2.00 bits per heavy atom. The van der Waals surface area contributed by atoms with Crippen molar-refractivity contribution in [1.29, 1.82) is 0 Å². The Kier molecular flexibility index (Phi) is 5.74. The fourth-order valence-corrected chi connectivity index (χ4v) is 3.25. The normalized spacial score (nSPS) is 11.8. The van der Waals surface area contributed by atoms with E-state index in [2.05, 4.69) is 5.32 Å². The predicted octanol–water partition coefficient (Wildman–Crippen LogP) is 1.19. The molecule has 0 spiro atoms. The third-order valence-corrected chi connectivity index (χ3v) is 4.93. The van der Waals surface area contributed by atoms with Crippen LogP contribution in [0, 0.1) is 0 Å². The van der Waals surface area contributed by atoms with Crippen LogP contribution in [-0.2, 0) is 10.0 Å². The molecule has 130 valence electrons. The van der Waals surface area contributed by atoms with Crippen LogP contribution >= 0.6 is 0 Å². The molecule has 0 aliphatic rings. The second-order valence-corrected chi connectivity index (χ2v) is 7.32. The summed E-state index contributed by atoms with van der Waals surface area (Å²) in [5.74, 6) is -0.561. The lowest BCUT2D eigenvalue weighted by atomic mass is 10.2. The highest BCUT2D eigenvalue weighted by atomic mass is 32.2. The molecule has 2 rings (SSSR count). The van der Waals surface area contributed by atoms with E-state index in [1.165, 1.54) is 4.31 Å². The van der Waals surface area contributed by atoms with Crippen LogP contribution in [-0.4, -0.2) is 44.5 Å². The van der Waals surface area contributed by atoms with Crippen LogP contribution in [0.15, 0.2) is 39.5 Å². The van der Waals surface area contributed by atoms with Crippen LogP contribution in [0.2, 0.25) is 0 Å². The standard InChI is InChI=1S/C16H20N2O5S/c1-3-18(24(2,21)22)10-6-9-17-16(20)15-11-13(19)12-7-4-5-8-14(12)23-15/h4-5,7-8,11H,3,6,9-10H2,1-2H3,(H,17,20). The molecule has 0 bridgehead atoms. The molecule has 7 nitrogen and oxygen atoms in total. The van der Waals surface area contributed by atoms with Gasteiger partial charge in [-0.25, -0.2) is 12.7 Å². The second kappa shape index (κ2) is 7.59. The number of carbonyl (C=O) groups is 1. The third-order valence-electron chi connectivity index (χ3n) is 3.55. The van der Waals surface area contributed by atoms with Gasteiger partial charge in [0.25, 0.3) is 5.91 Å². The van der Waals surface area contributed by atoms with Gasteiger partial charge in [-0.05, 0) is 18.6 Å². The number of hydrogen-bond acceptors (Lipinski definition) is 5. The van der Waals surface area contributed by atoms with Gasteiger partial charge in [0, 0.05) is 25.7 Å². The maximum atomic E-state index is 12.1. The molecule has 24 heavy (non-hydrogen) atoms. The van der Waals surface area contributed by atoms with Crippen LogP contribution in [0.5, 0.6) is 0 Å². The second-order valence-electron chi connectivity index (χ2n) is 5.34. The van der Waals surface area contributed by atoms with Crippen molar-refractivity contribution in [1.82, 2.24) is 9.62 Å². The fourth-order valence-electron chi connectivity index (χ4n) is 2.32. The quantitative estimate of drug-likeness (QED) is 0.755. The van der Waals surface area contributed by atoms with Crippen molar-refractivity contribution in [2.45, 2.75) is 13.3 Å². The van der Waals surface area contributed by atoms with E-state index < -0.39 is 15.9 Å². The van der Waals surface area contributed by atoms with Crippen LogP contribution in [0.25, 0.3) is 11.0 Å². The van der Waals surface area contributed by atoms with Crippen molar-refractivity contribution in [2.24, 2.45) is 0 Å². The van der Waals surface area contributed by atoms with E-state index in [4.69, 9.17) is 4.42 Å². The highest BCUT2D eigenvalue weighted by Crippen LogP contribution is 2.11. The summed E-state index contributed by atoms with van der Waals surface area (Å²) in [7, 11) is -3.24. The molecule has 0 aliphatic heterocycles. The number of amides is 1. The summed E-state index contributed by atoms with van der Waals surface area (Å²) in [4.78, 5) is 24.0. The average molecular weight is 352 g/mol. The molecule has 0 atom stereocenters. The van der Waals surface area contributed by atoms with E-state index in [9.17, 15) is 18.0 Å². The number of fused-ring (bicyclic) bond motifs is 1. The number of rotatable bonds is 7. The molecule has 1 aromatic carbocycles. The van der Waals surface area contributed by atoms with Gasteiger partial charge in [-0.1, -0.05) is 19.1 Å². The molecule has 0 unspecified atom stereocenters. The van der Waals surface area contributed by atoms with Gasteiger partial charge in [0.15, 0.2) is 11.2 Å². The van der Waals surface area contributed by atoms with Gasteiger partial charge in [0.1, 0.15) is 5.58 Å². The van der Waals surface area contributed by atoms with Crippen molar-refractivity contribution in [3.8, 4) is 0 Å². The molecule has 2 aromatic rings. The minimum absolute atomic E-state index is 0.0610. The van der Waals surface area contributed by atoms with E-state index in [0.29, 0.717) is 30.5 Å². The van der Waals surface area contributed by atoms with E-state index in [1.54, 1.807) is 31.2 Å². The Bertz CT molecular complexity index is 889. The molecule has 0 radical (unpaired) electrons. The summed E-state index contributed by atoms with van der Waals surface area (Å²) < 4.78 is 29.7. The van der Waals surface area contributed by atoms with Gasteiger partial charge in [0.2, 0.25) is 10.0 Å². The van der Waals surface area contributed by atoms with Crippen molar-refractivity contribution >= 4 is 26.9 Å². The zero-order chi connectivity index (χ0) is 17.7. The predicted molar refractivity (Wildman–Crippen MR) is 91.5 cm³/mol. The molecule has 8 heteroatoms. The number of sulfonamides is 1. The highest BCUT2D eigenvalue weighted by molar-refractivity contribution is 7.88. The SMILES string of the molecule is CCN(CCCNC(=O)c1cc(=O)c2ccccc2o1)S(C)(=O)=O. The number of nitrogens with one attached hydrogen (secondary N) is 1. The highest BCUT2D eigenvalue weighted by Gasteiger charge is 2.15. The molecule has 1 N–H and O–H groups in total. The fraction of sp³-hybridized carbons (Fsp3) is 0.375. The minimum atomic E-state index is -3.24. The number of para-hydroxylation sites is 1. The molecule has 1 amide bonds. The largest absolute Gasteiger partial charge is 0.451 e. The van der Waals surface area contributed by atoms with E-state index in [-0.39, 0.29) is 17.7 Å². The van der Waals surface area contributed by atoms with Crippen LogP contribution in [0.4, 0.5) is 0 Å².